The summed E-state index contributed by atoms with van der Waals surface area (Å²) in [5.41, 5.74) is 0.552. The van der Waals surface area contributed by atoms with E-state index in [2.05, 4.69) is 36.4 Å². The molecular formula is C35H47N11O7. The molecule has 6 rings (SSSR count). The van der Waals surface area contributed by atoms with Crippen LogP contribution in [-0.4, -0.2) is 139 Å². The molecule has 0 radical (unpaired) electrons. The molecule has 5 amide bonds. The Hall–Kier alpha value is -5.55. The molecule has 2 aromatic heterocycles. The number of para-hydroxylation sites is 1. The van der Waals surface area contributed by atoms with Gasteiger partial charge in [-0.15, -0.1) is 10.2 Å². The number of likely N-dealkylation sites (tertiary alicyclic amines) is 1. The Morgan fingerprint density at radius 2 is 1.75 bits per heavy atom. The highest BCUT2D eigenvalue weighted by Gasteiger charge is 2.36. The van der Waals surface area contributed by atoms with Gasteiger partial charge in [-0.2, -0.15) is 10.3 Å². The van der Waals surface area contributed by atoms with E-state index in [0.717, 1.165) is 32.1 Å². The summed E-state index contributed by atoms with van der Waals surface area (Å²) in [4.78, 5) is 71.1. The largest absolute Gasteiger partial charge is 0.467 e. The Morgan fingerprint density at radius 3 is 2.45 bits per heavy atom. The number of carbonyl (C=O) groups is 5. The van der Waals surface area contributed by atoms with Crippen LogP contribution in [0.25, 0.3) is 5.69 Å². The maximum Gasteiger partial charge on any atom is 0.409 e. The Morgan fingerprint density at radius 1 is 0.981 bits per heavy atom. The van der Waals surface area contributed by atoms with Crippen molar-refractivity contribution in [1.29, 1.82) is 0 Å². The van der Waals surface area contributed by atoms with E-state index in [9.17, 15) is 24.0 Å². The highest BCUT2D eigenvalue weighted by Crippen LogP contribution is 2.24. The van der Waals surface area contributed by atoms with E-state index < -0.39 is 24.1 Å². The first-order chi connectivity index (χ1) is 25.8. The van der Waals surface area contributed by atoms with Crippen molar-refractivity contribution < 1.29 is 33.4 Å². The van der Waals surface area contributed by atoms with E-state index in [1.165, 1.54) is 10.7 Å². The lowest BCUT2D eigenvalue weighted by Crippen LogP contribution is -2.56. The molecule has 1 aliphatic carbocycles. The first-order valence-corrected chi connectivity index (χ1v) is 18.4. The lowest BCUT2D eigenvalue weighted by molar-refractivity contribution is -0.140. The monoisotopic (exact) mass is 733 g/mol. The average molecular weight is 734 g/mol. The summed E-state index contributed by atoms with van der Waals surface area (Å²) in [6.07, 6.45) is 6.01. The van der Waals surface area contributed by atoms with Gasteiger partial charge in [-0.05, 0) is 57.1 Å². The second kappa shape index (κ2) is 17.8. The molecule has 18 heteroatoms. The molecule has 1 saturated carbocycles. The Bertz CT molecular complexity index is 1710. The minimum absolute atomic E-state index is 0.0350. The van der Waals surface area contributed by atoms with E-state index in [-0.39, 0.29) is 67.9 Å². The molecular weight excluding hydrogens is 686 g/mol. The van der Waals surface area contributed by atoms with Gasteiger partial charge in [0.2, 0.25) is 17.7 Å². The maximum atomic E-state index is 13.9. The lowest BCUT2D eigenvalue weighted by atomic mass is 9.93. The molecule has 284 valence electrons. The zero-order valence-electron chi connectivity index (χ0n) is 29.9. The molecule has 2 aliphatic heterocycles. The maximum absolute atomic E-state index is 13.9. The molecule has 0 spiro atoms. The van der Waals surface area contributed by atoms with Crippen molar-refractivity contribution in [2.24, 2.45) is 0 Å². The summed E-state index contributed by atoms with van der Waals surface area (Å²) >= 11 is 0. The number of H-pyrrole nitrogens is 1. The SMILES string of the molecule is CCCCOC(=O)N1CCN(C(=O)[C@H](CCc2nn[nH]n2)NC(=O)c2cc(OCC(=O)N3CCC[C@H]3C(=O)NC3CCC3)n(-c3ccccc3)n2)CC1. The number of aromatic amines is 1. The van der Waals surface area contributed by atoms with Crippen LogP contribution in [0.5, 0.6) is 5.88 Å². The molecule has 0 bridgehead atoms. The van der Waals surface area contributed by atoms with Crippen LogP contribution in [-0.2, 0) is 25.5 Å². The standard InChI is InChI=1S/C35H47N11O7/c1-2-3-21-52-35(51)44-19-17-43(18-20-44)34(50)26(14-15-29-38-41-42-39-29)37-32(48)27-22-31(46(40-27)25-11-5-4-6-12-25)53-23-30(47)45-16-8-13-28(45)33(49)36-24-9-7-10-24/h4-6,11-12,22,24,26,28H,2-3,7-10,13-21,23H2,1H3,(H,36,49)(H,37,48)(H,38,39,41,42)/t26-,28-/m0/s1. The average Bonchev–Trinajstić information content (AvgIpc) is 3.96. The molecule has 3 N–H and O–H groups in total. The van der Waals surface area contributed by atoms with Gasteiger partial charge in [-0.25, -0.2) is 9.48 Å². The van der Waals surface area contributed by atoms with E-state index >= 15 is 0 Å². The fourth-order valence-corrected chi connectivity index (χ4v) is 6.51. The van der Waals surface area contributed by atoms with Gasteiger partial charge in [0, 0.05) is 51.3 Å². The number of aromatic nitrogens is 6. The summed E-state index contributed by atoms with van der Waals surface area (Å²) in [6.45, 7) is 3.58. The van der Waals surface area contributed by atoms with Crippen molar-refractivity contribution in [3.8, 4) is 11.6 Å². The van der Waals surface area contributed by atoms with Gasteiger partial charge in [0.25, 0.3) is 11.8 Å². The van der Waals surface area contributed by atoms with Crippen molar-refractivity contribution in [2.75, 3.05) is 45.9 Å². The number of nitrogens with zero attached hydrogens (tertiary/aromatic N) is 8. The third-order valence-corrected chi connectivity index (χ3v) is 9.80. The van der Waals surface area contributed by atoms with Crippen LogP contribution in [0.15, 0.2) is 36.4 Å². The van der Waals surface area contributed by atoms with Gasteiger partial charge in [-0.1, -0.05) is 36.8 Å². The number of benzene rings is 1. The van der Waals surface area contributed by atoms with E-state index in [1.54, 1.807) is 39.0 Å². The number of hydrogen-bond acceptors (Lipinski definition) is 11. The van der Waals surface area contributed by atoms with Crippen LogP contribution in [0, 0.1) is 0 Å². The highest BCUT2D eigenvalue weighted by atomic mass is 16.6. The number of aryl methyl sites for hydroxylation is 1. The van der Waals surface area contributed by atoms with E-state index in [4.69, 9.17) is 9.47 Å². The molecule has 1 aromatic carbocycles. The second-order valence-electron chi connectivity index (χ2n) is 13.5. The van der Waals surface area contributed by atoms with Gasteiger partial charge in [-0.3, -0.25) is 19.2 Å². The molecule has 53 heavy (non-hydrogen) atoms. The van der Waals surface area contributed by atoms with Gasteiger partial charge < -0.3 is 34.8 Å². The third-order valence-electron chi connectivity index (χ3n) is 9.80. The van der Waals surface area contributed by atoms with Crippen LogP contribution in [0.4, 0.5) is 4.79 Å². The fourth-order valence-electron chi connectivity index (χ4n) is 6.51. The minimum atomic E-state index is -0.977. The van der Waals surface area contributed by atoms with Crippen LogP contribution in [0.3, 0.4) is 0 Å². The number of carbonyl (C=O) groups excluding carboxylic acids is 5. The van der Waals surface area contributed by atoms with Crippen LogP contribution in [0.2, 0.25) is 0 Å². The van der Waals surface area contributed by atoms with Crippen molar-refractivity contribution >= 4 is 29.7 Å². The number of amides is 5. The Kier molecular flexibility index (Phi) is 12.5. The quantitative estimate of drug-likeness (QED) is 0.189. The number of hydrogen-bond donors (Lipinski definition) is 3. The Labute approximate surface area is 306 Å². The molecule has 0 unspecified atom stereocenters. The van der Waals surface area contributed by atoms with Crippen molar-refractivity contribution in [3.63, 3.8) is 0 Å². The third kappa shape index (κ3) is 9.47. The molecule has 3 aliphatic rings. The predicted molar refractivity (Wildman–Crippen MR) is 188 cm³/mol. The summed E-state index contributed by atoms with van der Waals surface area (Å²) in [5, 5.41) is 24.3. The summed E-state index contributed by atoms with van der Waals surface area (Å²) in [6, 6.07) is 9.07. The van der Waals surface area contributed by atoms with Crippen molar-refractivity contribution in [1.82, 2.24) is 55.7 Å². The zero-order chi connectivity index (χ0) is 37.2. The molecule has 3 aromatic rings. The van der Waals surface area contributed by atoms with Crippen LogP contribution in [0.1, 0.15) is 74.6 Å². The topological polar surface area (TPSA) is 210 Å². The first kappa shape index (κ1) is 37.2. The predicted octanol–water partition coefficient (Wildman–Crippen LogP) is 1.24. The zero-order valence-corrected chi connectivity index (χ0v) is 29.9. The fraction of sp³-hybridized carbons (Fsp3) is 0.571. The normalized spacial score (nSPS) is 17.9. The molecule has 18 nitrogen and oxygen atoms in total. The molecule has 3 fully saturated rings. The molecule has 4 heterocycles. The first-order valence-electron chi connectivity index (χ1n) is 18.4. The van der Waals surface area contributed by atoms with Gasteiger partial charge in [0.05, 0.1) is 12.3 Å². The van der Waals surface area contributed by atoms with Crippen molar-refractivity contribution in [2.45, 2.75) is 82.8 Å². The number of rotatable bonds is 15. The van der Waals surface area contributed by atoms with E-state index in [0.29, 0.717) is 50.6 Å². The summed E-state index contributed by atoms with van der Waals surface area (Å²) < 4.78 is 12.7. The van der Waals surface area contributed by atoms with Gasteiger partial charge in [0.1, 0.15) is 12.1 Å². The highest BCUT2D eigenvalue weighted by molar-refractivity contribution is 5.96. The molecule has 2 atom stereocenters. The van der Waals surface area contributed by atoms with Crippen LogP contribution >= 0.6 is 0 Å². The summed E-state index contributed by atoms with van der Waals surface area (Å²) in [7, 11) is 0. The molecule has 2 saturated heterocycles. The number of piperazine rings is 1. The summed E-state index contributed by atoms with van der Waals surface area (Å²) in [5.74, 6) is -0.916. The van der Waals surface area contributed by atoms with Gasteiger partial charge >= 0.3 is 6.09 Å². The second-order valence-corrected chi connectivity index (χ2v) is 13.5. The van der Waals surface area contributed by atoms with Crippen molar-refractivity contribution in [3.05, 3.63) is 47.9 Å². The number of tetrazole rings is 1. The van der Waals surface area contributed by atoms with Gasteiger partial charge in [0.15, 0.2) is 18.1 Å². The minimum Gasteiger partial charge on any atom is -0.467 e. The smallest absolute Gasteiger partial charge is 0.409 e. The number of unbranched alkanes of at least 4 members (excludes halogenated alkanes) is 1. The van der Waals surface area contributed by atoms with Crippen LogP contribution < -0.4 is 15.4 Å². The number of ether oxygens (including phenoxy) is 2. The Balaban J connectivity index is 1.13. The van der Waals surface area contributed by atoms with E-state index in [1.807, 2.05) is 13.0 Å². The lowest BCUT2D eigenvalue weighted by Gasteiger charge is -2.36. The number of nitrogens with one attached hydrogen (secondary N) is 3.